The van der Waals surface area contributed by atoms with Gasteiger partial charge in [-0.2, -0.15) is 0 Å². The Balaban J connectivity index is 1.77. The predicted octanol–water partition coefficient (Wildman–Crippen LogP) is 7.52. The second kappa shape index (κ2) is 9.58. The molecule has 4 rings (SSSR count). The first-order valence-electron chi connectivity index (χ1n) is 11.9. The Kier molecular flexibility index (Phi) is 6.80. The van der Waals surface area contributed by atoms with Crippen LogP contribution >= 0.6 is 11.3 Å². The summed E-state index contributed by atoms with van der Waals surface area (Å²) in [5.74, 6) is 0. The minimum absolute atomic E-state index is 0.397. The molecular formula is C28H35N3S. The monoisotopic (exact) mass is 445 g/mol. The van der Waals surface area contributed by atoms with Gasteiger partial charge in [-0.05, 0) is 56.4 Å². The molecule has 3 nitrogen and oxygen atoms in total. The van der Waals surface area contributed by atoms with Gasteiger partial charge in [0, 0.05) is 36.1 Å². The third-order valence-corrected chi connectivity index (χ3v) is 7.18. The summed E-state index contributed by atoms with van der Waals surface area (Å²) >= 11 is 1.83. The molecule has 0 saturated heterocycles. The van der Waals surface area contributed by atoms with E-state index in [1.165, 1.54) is 38.9 Å². The van der Waals surface area contributed by atoms with Gasteiger partial charge in [-0.3, -0.25) is 4.99 Å². The van der Waals surface area contributed by atoms with E-state index in [1.807, 2.05) is 11.3 Å². The Bertz CT molecular complexity index is 1250. The van der Waals surface area contributed by atoms with Crippen molar-refractivity contribution in [2.45, 2.75) is 53.9 Å². The van der Waals surface area contributed by atoms with Gasteiger partial charge in [0.1, 0.15) is 0 Å². The van der Waals surface area contributed by atoms with Crippen LogP contribution in [0.15, 0.2) is 53.5 Å². The van der Waals surface area contributed by atoms with Crippen molar-refractivity contribution in [3.05, 3.63) is 53.9 Å². The van der Waals surface area contributed by atoms with Crippen LogP contribution in [0.4, 0.5) is 5.69 Å². The molecule has 0 atom stereocenters. The van der Waals surface area contributed by atoms with E-state index in [9.17, 15) is 0 Å². The molecule has 32 heavy (non-hydrogen) atoms. The van der Waals surface area contributed by atoms with Crippen molar-refractivity contribution >= 4 is 38.0 Å². The largest absolute Gasteiger partial charge is 0.372 e. The second-order valence-electron chi connectivity index (χ2n) is 9.73. The lowest BCUT2D eigenvalue weighted by molar-refractivity contribution is 0.361. The normalized spacial score (nSPS) is 12.8. The predicted molar refractivity (Wildman–Crippen MR) is 141 cm³/mol. The zero-order chi connectivity index (χ0) is 22.7. The zero-order valence-corrected chi connectivity index (χ0v) is 20.9. The van der Waals surface area contributed by atoms with Crippen molar-refractivity contribution in [1.82, 2.24) is 4.98 Å². The molecule has 0 amide bonds. The maximum atomic E-state index is 5.09. The molecule has 1 aliphatic heterocycles. The Labute approximate surface area is 196 Å². The summed E-state index contributed by atoms with van der Waals surface area (Å²) < 4.78 is 1.23. The smallest absolute Gasteiger partial charge is 0.0889 e. The van der Waals surface area contributed by atoms with Crippen LogP contribution in [0.2, 0.25) is 0 Å². The van der Waals surface area contributed by atoms with Gasteiger partial charge in [0.25, 0.3) is 0 Å². The third-order valence-electron chi connectivity index (χ3n) is 6.10. The van der Waals surface area contributed by atoms with Crippen LogP contribution in [0.25, 0.3) is 31.6 Å². The van der Waals surface area contributed by atoms with Crippen LogP contribution < -0.4 is 10.3 Å². The first-order chi connectivity index (χ1) is 15.4. The topological polar surface area (TPSA) is 28.5 Å². The van der Waals surface area contributed by atoms with Gasteiger partial charge in [-0.15, -0.1) is 11.3 Å². The Hall–Kier alpha value is -2.46. The minimum atomic E-state index is 0.397. The number of aromatic nitrogens is 1. The number of benzene rings is 3. The molecule has 0 fully saturated rings. The third kappa shape index (κ3) is 4.96. The number of unbranched alkanes of at least 4 members (excludes halogenated alkanes) is 1. The van der Waals surface area contributed by atoms with E-state index in [0.717, 1.165) is 42.6 Å². The summed E-state index contributed by atoms with van der Waals surface area (Å²) in [4.78, 5) is 13.7. The SMILES string of the molecule is CCN(CC)c1ccc2nc3c4ccccc4/c(=N\CCCCC(C)(C)C)cc-3sc2c1. The van der Waals surface area contributed by atoms with E-state index in [1.54, 1.807) is 0 Å². The number of hydrogen-bond acceptors (Lipinski definition) is 4. The van der Waals surface area contributed by atoms with Crippen LogP contribution in [-0.2, 0) is 0 Å². The second-order valence-corrected chi connectivity index (χ2v) is 10.8. The molecule has 0 N–H and O–H groups in total. The first-order valence-corrected chi connectivity index (χ1v) is 12.7. The Morgan fingerprint density at radius 2 is 1.69 bits per heavy atom. The van der Waals surface area contributed by atoms with Crippen LogP contribution in [0, 0.1) is 5.41 Å². The van der Waals surface area contributed by atoms with Crippen molar-refractivity contribution in [2.75, 3.05) is 24.5 Å². The average molecular weight is 446 g/mol. The summed E-state index contributed by atoms with van der Waals surface area (Å²) in [6.07, 6.45) is 3.60. The summed E-state index contributed by atoms with van der Waals surface area (Å²) in [5, 5.41) is 3.50. The number of nitrogens with zero attached hydrogens (tertiary/aromatic N) is 3. The lowest BCUT2D eigenvalue weighted by Crippen LogP contribution is -2.21. The van der Waals surface area contributed by atoms with E-state index in [0.29, 0.717) is 5.41 Å². The highest BCUT2D eigenvalue weighted by atomic mass is 32.1. The molecular weight excluding hydrogens is 410 g/mol. The number of anilines is 1. The molecule has 0 spiro atoms. The fourth-order valence-corrected chi connectivity index (χ4v) is 5.37. The Morgan fingerprint density at radius 1 is 0.938 bits per heavy atom. The molecule has 0 bridgehead atoms. The fourth-order valence-electron chi connectivity index (χ4n) is 4.31. The molecule has 0 radical (unpaired) electrons. The molecule has 2 aromatic carbocycles. The van der Waals surface area contributed by atoms with Crippen LogP contribution in [0.3, 0.4) is 0 Å². The standard InChI is InChI=1S/C28H35N3S/c1-6-31(7-2)20-14-15-23-25(18-20)32-26-19-24(29-17-11-10-16-28(3,4)5)21-12-8-9-13-22(21)27(26)30-23/h8-9,12-15,18-19H,6-7,10-11,16-17H2,1-5H3/b29-24-. The summed E-state index contributed by atoms with van der Waals surface area (Å²) in [5.41, 5.74) is 3.81. The van der Waals surface area contributed by atoms with E-state index >= 15 is 0 Å². The maximum absolute atomic E-state index is 5.09. The molecule has 0 aromatic heterocycles. The summed E-state index contributed by atoms with van der Waals surface area (Å²) in [6, 6.07) is 17.5. The number of fused-ring (bicyclic) bond motifs is 4. The maximum Gasteiger partial charge on any atom is 0.0889 e. The number of rotatable bonds is 7. The van der Waals surface area contributed by atoms with E-state index in [4.69, 9.17) is 9.98 Å². The molecule has 4 heteroatoms. The van der Waals surface area contributed by atoms with E-state index in [2.05, 4.69) is 88.0 Å². The molecule has 168 valence electrons. The minimum Gasteiger partial charge on any atom is -0.372 e. The summed E-state index contributed by atoms with van der Waals surface area (Å²) in [6.45, 7) is 14.2. The highest BCUT2D eigenvalue weighted by Gasteiger charge is 2.14. The molecule has 0 unspecified atom stereocenters. The van der Waals surface area contributed by atoms with Gasteiger partial charge in [0.2, 0.25) is 0 Å². The fraction of sp³-hybridized carbons (Fsp3) is 0.429. The van der Waals surface area contributed by atoms with Gasteiger partial charge >= 0.3 is 0 Å². The average Bonchev–Trinajstić information content (AvgIpc) is 2.77. The van der Waals surface area contributed by atoms with Crippen molar-refractivity contribution in [3.8, 4) is 10.6 Å². The van der Waals surface area contributed by atoms with Gasteiger partial charge in [-0.25, -0.2) is 4.98 Å². The van der Waals surface area contributed by atoms with Gasteiger partial charge in [-0.1, -0.05) is 51.5 Å². The van der Waals surface area contributed by atoms with Crippen molar-refractivity contribution in [3.63, 3.8) is 0 Å². The molecule has 0 saturated carbocycles. The quantitative estimate of drug-likeness (QED) is 0.167. The number of hydrogen-bond donors (Lipinski definition) is 0. The van der Waals surface area contributed by atoms with Gasteiger partial charge in [0.05, 0.1) is 26.1 Å². The van der Waals surface area contributed by atoms with Gasteiger partial charge in [0.15, 0.2) is 0 Å². The molecule has 2 aliphatic rings. The van der Waals surface area contributed by atoms with Gasteiger partial charge < -0.3 is 4.90 Å². The molecule has 1 aliphatic carbocycles. The zero-order valence-electron chi connectivity index (χ0n) is 20.1. The van der Waals surface area contributed by atoms with Crippen molar-refractivity contribution in [2.24, 2.45) is 10.4 Å². The summed E-state index contributed by atoms with van der Waals surface area (Å²) in [7, 11) is 0. The lowest BCUT2D eigenvalue weighted by atomic mass is 9.90. The molecule has 2 aromatic rings. The van der Waals surface area contributed by atoms with Crippen molar-refractivity contribution < 1.29 is 0 Å². The highest BCUT2D eigenvalue weighted by molar-refractivity contribution is 7.21. The van der Waals surface area contributed by atoms with Crippen molar-refractivity contribution in [1.29, 1.82) is 0 Å². The van der Waals surface area contributed by atoms with Crippen LogP contribution in [-0.4, -0.2) is 24.6 Å². The van der Waals surface area contributed by atoms with E-state index < -0.39 is 0 Å². The first kappa shape index (κ1) is 22.7. The van der Waals surface area contributed by atoms with Crippen LogP contribution in [0.1, 0.15) is 53.9 Å². The van der Waals surface area contributed by atoms with Crippen LogP contribution in [0.5, 0.6) is 0 Å². The lowest BCUT2D eigenvalue weighted by Gasteiger charge is -2.21. The molecule has 1 heterocycles. The highest BCUT2D eigenvalue weighted by Crippen LogP contribution is 2.35. The van der Waals surface area contributed by atoms with E-state index in [-0.39, 0.29) is 0 Å². The Morgan fingerprint density at radius 3 is 2.41 bits per heavy atom.